The average Bonchev–Trinajstić information content (AvgIpc) is 2.50. The van der Waals surface area contributed by atoms with Crippen molar-refractivity contribution >= 4 is 17.7 Å². The van der Waals surface area contributed by atoms with E-state index >= 15 is 0 Å². The number of nitrogens with one attached hydrogen (secondary N) is 2. The number of unbranched alkanes of at least 4 members (excludes halogenated alkanes) is 1. The van der Waals surface area contributed by atoms with Crippen LogP contribution in [0.25, 0.3) is 0 Å². The monoisotopic (exact) mass is 316 g/mol. The van der Waals surface area contributed by atoms with E-state index in [0.29, 0.717) is 44.7 Å². The van der Waals surface area contributed by atoms with Crippen LogP contribution < -0.4 is 10.8 Å². The number of hydroxylamine groups is 1. The first-order chi connectivity index (χ1) is 10.5. The summed E-state index contributed by atoms with van der Waals surface area (Å²) >= 11 is 0. The lowest BCUT2D eigenvalue weighted by Crippen LogP contribution is -2.44. The number of aliphatic carboxylic acids is 1. The third-order valence-corrected chi connectivity index (χ3v) is 3.33. The van der Waals surface area contributed by atoms with Crippen LogP contribution in [0.1, 0.15) is 40.0 Å². The molecule has 0 aromatic carbocycles. The van der Waals surface area contributed by atoms with Crippen molar-refractivity contribution in [2.75, 3.05) is 26.2 Å². The van der Waals surface area contributed by atoms with E-state index in [4.69, 9.17) is 10.3 Å². The van der Waals surface area contributed by atoms with Crippen LogP contribution >= 0.6 is 0 Å². The van der Waals surface area contributed by atoms with Gasteiger partial charge in [0, 0.05) is 19.6 Å². The van der Waals surface area contributed by atoms with Crippen molar-refractivity contribution in [2.45, 2.75) is 46.1 Å². The standard InChI is InChI=1S/C14H28N4O4/c1-4-18(5-2)13(19)10-16-12(14(20)21)8-6-7-9-15-11(3)17-22/h12,16,22H,4-10H2,1-3H3,(H,15,17)(H,20,21)/t12-/m0/s1. The number of amidine groups is 1. The molecule has 0 aliphatic carbocycles. The molecule has 0 heterocycles. The van der Waals surface area contributed by atoms with Crippen molar-refractivity contribution in [1.82, 2.24) is 15.7 Å². The number of rotatable bonds is 11. The van der Waals surface area contributed by atoms with Gasteiger partial charge < -0.3 is 10.0 Å². The number of aliphatic imine (C=N–C) groups is 1. The number of carbonyl (C=O) groups excluding carboxylic acids is 1. The maximum Gasteiger partial charge on any atom is 0.320 e. The molecule has 0 aliphatic heterocycles. The van der Waals surface area contributed by atoms with Gasteiger partial charge in [0.2, 0.25) is 5.91 Å². The van der Waals surface area contributed by atoms with Crippen molar-refractivity contribution < 1.29 is 19.9 Å². The minimum absolute atomic E-state index is 0.0321. The van der Waals surface area contributed by atoms with Gasteiger partial charge in [-0.15, -0.1) is 0 Å². The molecule has 0 bridgehead atoms. The maximum absolute atomic E-state index is 11.8. The van der Waals surface area contributed by atoms with Crippen LogP contribution in [0.2, 0.25) is 0 Å². The molecular weight excluding hydrogens is 288 g/mol. The lowest BCUT2D eigenvalue weighted by atomic mass is 10.1. The Balaban J connectivity index is 4.12. The van der Waals surface area contributed by atoms with Crippen LogP contribution in [0.5, 0.6) is 0 Å². The molecule has 0 fully saturated rings. The summed E-state index contributed by atoms with van der Waals surface area (Å²) in [5.74, 6) is -0.618. The topological polar surface area (TPSA) is 114 Å². The van der Waals surface area contributed by atoms with Crippen LogP contribution in [-0.2, 0) is 9.59 Å². The summed E-state index contributed by atoms with van der Waals surface area (Å²) in [5, 5.41) is 20.5. The number of carbonyl (C=O) groups is 2. The molecule has 1 atom stereocenters. The van der Waals surface area contributed by atoms with E-state index in [-0.39, 0.29) is 12.5 Å². The van der Waals surface area contributed by atoms with Gasteiger partial charge in [0.25, 0.3) is 0 Å². The average molecular weight is 316 g/mol. The molecule has 8 nitrogen and oxygen atoms in total. The van der Waals surface area contributed by atoms with E-state index in [1.165, 1.54) is 0 Å². The molecule has 0 saturated heterocycles. The van der Waals surface area contributed by atoms with E-state index in [1.807, 2.05) is 19.3 Å². The van der Waals surface area contributed by atoms with Crippen molar-refractivity contribution in [3.63, 3.8) is 0 Å². The first-order valence-electron chi connectivity index (χ1n) is 7.61. The van der Waals surface area contributed by atoms with Crippen LogP contribution in [0.3, 0.4) is 0 Å². The van der Waals surface area contributed by atoms with E-state index in [9.17, 15) is 9.59 Å². The molecule has 0 spiro atoms. The molecule has 0 aliphatic rings. The van der Waals surface area contributed by atoms with Crippen LogP contribution in [0.4, 0.5) is 0 Å². The molecule has 0 saturated carbocycles. The second-order valence-corrected chi connectivity index (χ2v) is 4.91. The van der Waals surface area contributed by atoms with Gasteiger partial charge in [-0.2, -0.15) is 0 Å². The minimum atomic E-state index is -0.955. The number of hydrogen-bond donors (Lipinski definition) is 4. The number of hydrogen-bond acceptors (Lipinski definition) is 5. The van der Waals surface area contributed by atoms with Gasteiger partial charge >= 0.3 is 5.97 Å². The Kier molecular flexibility index (Phi) is 11.0. The van der Waals surface area contributed by atoms with Gasteiger partial charge in [-0.1, -0.05) is 0 Å². The summed E-state index contributed by atoms with van der Waals surface area (Å²) in [4.78, 5) is 28.7. The molecule has 22 heavy (non-hydrogen) atoms. The van der Waals surface area contributed by atoms with Gasteiger partial charge in [-0.25, -0.2) is 0 Å². The molecule has 0 rings (SSSR count). The smallest absolute Gasteiger partial charge is 0.320 e. The summed E-state index contributed by atoms with van der Waals surface area (Å²) in [6, 6.07) is -0.736. The maximum atomic E-state index is 11.8. The van der Waals surface area contributed by atoms with E-state index < -0.39 is 12.0 Å². The minimum Gasteiger partial charge on any atom is -0.480 e. The molecule has 0 radical (unpaired) electrons. The summed E-state index contributed by atoms with van der Waals surface area (Å²) in [7, 11) is 0. The van der Waals surface area contributed by atoms with Crippen LogP contribution in [-0.4, -0.2) is 65.1 Å². The molecule has 4 N–H and O–H groups in total. The Morgan fingerprint density at radius 3 is 2.36 bits per heavy atom. The zero-order valence-electron chi connectivity index (χ0n) is 13.6. The van der Waals surface area contributed by atoms with E-state index in [2.05, 4.69) is 10.3 Å². The Labute approximate surface area is 131 Å². The largest absolute Gasteiger partial charge is 0.480 e. The summed E-state index contributed by atoms with van der Waals surface area (Å²) in [6.45, 7) is 7.20. The predicted octanol–water partition coefficient (Wildman–Crippen LogP) is 0.465. The second kappa shape index (κ2) is 11.9. The first kappa shape index (κ1) is 20.3. The van der Waals surface area contributed by atoms with E-state index in [1.54, 1.807) is 11.8 Å². The molecule has 128 valence electrons. The van der Waals surface area contributed by atoms with Gasteiger partial charge in [-0.05, 0) is 40.0 Å². The van der Waals surface area contributed by atoms with Crippen molar-refractivity contribution in [3.05, 3.63) is 0 Å². The lowest BCUT2D eigenvalue weighted by molar-refractivity contribution is -0.140. The Morgan fingerprint density at radius 1 is 1.23 bits per heavy atom. The predicted molar refractivity (Wildman–Crippen MR) is 84.1 cm³/mol. The molecule has 1 amide bonds. The first-order valence-corrected chi connectivity index (χ1v) is 7.61. The number of nitrogens with zero attached hydrogens (tertiary/aromatic N) is 2. The fourth-order valence-electron chi connectivity index (χ4n) is 1.95. The van der Waals surface area contributed by atoms with Crippen molar-refractivity contribution in [3.8, 4) is 0 Å². The number of amides is 1. The highest BCUT2D eigenvalue weighted by atomic mass is 16.5. The third kappa shape index (κ3) is 8.58. The van der Waals surface area contributed by atoms with Gasteiger partial charge in [-0.3, -0.25) is 30.6 Å². The Morgan fingerprint density at radius 2 is 1.86 bits per heavy atom. The van der Waals surface area contributed by atoms with Gasteiger partial charge in [0.1, 0.15) is 11.9 Å². The summed E-state index contributed by atoms with van der Waals surface area (Å²) in [5.41, 5.74) is 1.94. The molecule has 0 aromatic heterocycles. The van der Waals surface area contributed by atoms with Crippen LogP contribution in [0, 0.1) is 0 Å². The fraction of sp³-hybridized carbons (Fsp3) is 0.786. The highest BCUT2D eigenvalue weighted by Gasteiger charge is 2.18. The van der Waals surface area contributed by atoms with Crippen molar-refractivity contribution in [2.24, 2.45) is 4.99 Å². The summed E-state index contributed by atoms with van der Waals surface area (Å²) < 4.78 is 0. The SMILES string of the molecule is CCN(CC)C(=O)CN[C@@H](CCCCN=C(C)NO)C(=O)O. The summed E-state index contributed by atoms with van der Waals surface area (Å²) in [6.07, 6.45) is 1.82. The van der Waals surface area contributed by atoms with E-state index in [0.717, 1.165) is 0 Å². The highest BCUT2D eigenvalue weighted by molar-refractivity contribution is 5.80. The fourth-order valence-corrected chi connectivity index (χ4v) is 1.95. The van der Waals surface area contributed by atoms with Crippen LogP contribution in [0.15, 0.2) is 4.99 Å². The Hall–Kier alpha value is -1.67. The highest BCUT2D eigenvalue weighted by Crippen LogP contribution is 2.02. The van der Waals surface area contributed by atoms with Gasteiger partial charge in [0.15, 0.2) is 0 Å². The zero-order chi connectivity index (χ0) is 17.0. The normalized spacial score (nSPS) is 12.8. The number of carboxylic acid groups (broad SMARTS) is 1. The molecule has 0 unspecified atom stereocenters. The lowest BCUT2D eigenvalue weighted by Gasteiger charge is -2.20. The quantitative estimate of drug-likeness (QED) is 0.191. The Bertz CT molecular complexity index is 370. The second-order valence-electron chi connectivity index (χ2n) is 4.91. The van der Waals surface area contributed by atoms with Gasteiger partial charge in [0.05, 0.1) is 6.54 Å². The molecule has 8 heteroatoms. The van der Waals surface area contributed by atoms with Crippen molar-refractivity contribution in [1.29, 1.82) is 0 Å². The third-order valence-electron chi connectivity index (χ3n) is 3.33. The number of carboxylic acids is 1. The number of likely N-dealkylation sites (N-methyl/N-ethyl adjacent to an activating group) is 1. The molecule has 0 aromatic rings. The zero-order valence-corrected chi connectivity index (χ0v) is 13.6. The molecular formula is C14H28N4O4.